The number of nitrogens with one attached hydrogen (secondary N) is 1. The molecule has 1 saturated carbocycles. The van der Waals surface area contributed by atoms with Crippen LogP contribution in [0, 0.1) is 17.6 Å². The Hall–Kier alpha value is -1.00. The second-order valence-corrected chi connectivity index (χ2v) is 6.38. The Balaban J connectivity index is 1.73. The molecule has 1 N–H and O–H groups in total. The maximum absolute atomic E-state index is 13.9. The first-order chi connectivity index (χ1) is 10.2. The fourth-order valence-corrected chi connectivity index (χ4v) is 3.83. The van der Waals surface area contributed by atoms with Crippen molar-refractivity contribution in [1.82, 2.24) is 10.2 Å². The van der Waals surface area contributed by atoms with Crippen molar-refractivity contribution in [3.63, 3.8) is 0 Å². The minimum absolute atomic E-state index is 0.294. The molecule has 1 atom stereocenters. The number of piperazine rings is 1. The van der Waals surface area contributed by atoms with E-state index in [1.807, 2.05) is 0 Å². The van der Waals surface area contributed by atoms with E-state index in [-0.39, 0.29) is 11.6 Å². The summed E-state index contributed by atoms with van der Waals surface area (Å²) in [5.41, 5.74) is 0.484. The zero-order valence-corrected chi connectivity index (χ0v) is 12.5. The molecular weight excluding hydrogens is 270 g/mol. The van der Waals surface area contributed by atoms with Crippen LogP contribution in [-0.2, 0) is 6.54 Å². The Labute approximate surface area is 125 Å². The largest absolute Gasteiger partial charge is 0.314 e. The van der Waals surface area contributed by atoms with Crippen LogP contribution in [0.5, 0.6) is 0 Å². The molecule has 1 aliphatic carbocycles. The van der Waals surface area contributed by atoms with E-state index in [2.05, 4.69) is 10.2 Å². The number of hydrogen-bond donors (Lipinski definition) is 1. The predicted octanol–water partition coefficient (Wildman–Crippen LogP) is 3.32. The Bertz CT molecular complexity index is 472. The molecule has 116 valence electrons. The number of halogens is 2. The first-order valence-corrected chi connectivity index (χ1v) is 8.13. The van der Waals surface area contributed by atoms with Crippen LogP contribution in [0.2, 0.25) is 0 Å². The van der Waals surface area contributed by atoms with Crippen molar-refractivity contribution in [1.29, 1.82) is 0 Å². The Morgan fingerprint density at radius 3 is 2.76 bits per heavy atom. The molecule has 3 rings (SSSR count). The van der Waals surface area contributed by atoms with Crippen molar-refractivity contribution in [2.75, 3.05) is 19.6 Å². The molecule has 0 aromatic heterocycles. The van der Waals surface area contributed by atoms with Gasteiger partial charge in [0.1, 0.15) is 11.6 Å². The lowest BCUT2D eigenvalue weighted by Crippen LogP contribution is -2.54. The Morgan fingerprint density at radius 1 is 1.14 bits per heavy atom. The molecule has 1 heterocycles. The van der Waals surface area contributed by atoms with E-state index >= 15 is 0 Å². The molecule has 4 heteroatoms. The normalized spacial score (nSPS) is 25.1. The minimum Gasteiger partial charge on any atom is -0.314 e. The van der Waals surface area contributed by atoms with Crippen LogP contribution in [0.25, 0.3) is 0 Å². The quantitative estimate of drug-likeness (QED) is 0.920. The molecule has 1 unspecified atom stereocenters. The highest BCUT2D eigenvalue weighted by Crippen LogP contribution is 2.30. The highest BCUT2D eigenvalue weighted by molar-refractivity contribution is 5.19. The van der Waals surface area contributed by atoms with Gasteiger partial charge in [0.15, 0.2) is 0 Å². The van der Waals surface area contributed by atoms with Crippen LogP contribution in [0.15, 0.2) is 18.2 Å². The highest BCUT2D eigenvalue weighted by atomic mass is 19.1. The van der Waals surface area contributed by atoms with Gasteiger partial charge in [-0.05, 0) is 37.0 Å². The maximum atomic E-state index is 13.9. The van der Waals surface area contributed by atoms with Crippen molar-refractivity contribution in [2.24, 2.45) is 5.92 Å². The van der Waals surface area contributed by atoms with E-state index in [1.165, 1.54) is 50.3 Å². The smallest absolute Gasteiger partial charge is 0.127 e. The second-order valence-electron chi connectivity index (χ2n) is 6.38. The predicted molar refractivity (Wildman–Crippen MR) is 80.0 cm³/mol. The van der Waals surface area contributed by atoms with Crippen molar-refractivity contribution in [2.45, 2.75) is 44.7 Å². The zero-order chi connectivity index (χ0) is 14.7. The molecule has 21 heavy (non-hydrogen) atoms. The summed E-state index contributed by atoms with van der Waals surface area (Å²) in [6.45, 7) is 3.34. The fraction of sp³-hybridized carbons (Fsp3) is 0.647. The number of rotatable bonds is 3. The van der Waals surface area contributed by atoms with E-state index in [0.717, 1.165) is 19.6 Å². The van der Waals surface area contributed by atoms with Gasteiger partial charge >= 0.3 is 0 Å². The summed E-state index contributed by atoms with van der Waals surface area (Å²) in [5.74, 6) is 0.0521. The lowest BCUT2D eigenvalue weighted by atomic mass is 9.82. The van der Waals surface area contributed by atoms with E-state index < -0.39 is 0 Å². The topological polar surface area (TPSA) is 15.3 Å². The third-order valence-electron chi connectivity index (χ3n) is 4.97. The van der Waals surface area contributed by atoms with Gasteiger partial charge < -0.3 is 5.32 Å². The average molecular weight is 294 g/mol. The highest BCUT2D eigenvalue weighted by Gasteiger charge is 2.31. The van der Waals surface area contributed by atoms with Gasteiger partial charge in [-0.15, -0.1) is 0 Å². The molecule has 1 saturated heterocycles. The average Bonchev–Trinajstić information content (AvgIpc) is 2.52. The fourth-order valence-electron chi connectivity index (χ4n) is 3.83. The van der Waals surface area contributed by atoms with Crippen LogP contribution < -0.4 is 5.32 Å². The summed E-state index contributed by atoms with van der Waals surface area (Å²) in [6, 6.07) is 4.23. The summed E-state index contributed by atoms with van der Waals surface area (Å²) in [4.78, 5) is 2.35. The first kappa shape index (κ1) is 14.9. The molecule has 2 aliphatic rings. The standard InChI is InChI=1S/C17H24F2N2/c18-15-6-7-16(19)14(10-15)12-21-9-8-20-11-17(21)13-4-2-1-3-5-13/h6-7,10,13,17,20H,1-5,8-9,11-12H2. The van der Waals surface area contributed by atoms with Gasteiger partial charge in [-0.25, -0.2) is 8.78 Å². The van der Waals surface area contributed by atoms with E-state index in [9.17, 15) is 8.78 Å². The second kappa shape index (κ2) is 6.84. The summed E-state index contributed by atoms with van der Waals surface area (Å²) in [5, 5.41) is 3.46. The Morgan fingerprint density at radius 2 is 1.95 bits per heavy atom. The summed E-state index contributed by atoms with van der Waals surface area (Å²) in [6.07, 6.45) is 6.50. The molecule has 1 aliphatic heterocycles. The number of benzene rings is 1. The molecule has 0 bridgehead atoms. The molecule has 1 aromatic rings. The van der Waals surface area contributed by atoms with Gasteiger partial charge in [0.2, 0.25) is 0 Å². The van der Waals surface area contributed by atoms with Gasteiger partial charge in [-0.1, -0.05) is 19.3 Å². The Kier molecular flexibility index (Phi) is 4.86. The summed E-state index contributed by atoms with van der Waals surface area (Å²) >= 11 is 0. The van der Waals surface area contributed by atoms with Gasteiger partial charge in [0, 0.05) is 37.8 Å². The van der Waals surface area contributed by atoms with Gasteiger partial charge in [0.05, 0.1) is 0 Å². The van der Waals surface area contributed by atoms with Gasteiger partial charge in [0.25, 0.3) is 0 Å². The molecule has 2 nitrogen and oxygen atoms in total. The molecule has 1 aromatic carbocycles. The monoisotopic (exact) mass is 294 g/mol. The lowest BCUT2D eigenvalue weighted by Gasteiger charge is -2.42. The molecule has 2 fully saturated rings. The molecular formula is C17H24F2N2. The molecule has 0 spiro atoms. The summed E-state index contributed by atoms with van der Waals surface area (Å²) in [7, 11) is 0. The number of nitrogens with zero attached hydrogens (tertiary/aromatic N) is 1. The van der Waals surface area contributed by atoms with Crippen LogP contribution in [0.1, 0.15) is 37.7 Å². The van der Waals surface area contributed by atoms with Crippen LogP contribution >= 0.6 is 0 Å². The van der Waals surface area contributed by atoms with E-state index in [1.54, 1.807) is 0 Å². The SMILES string of the molecule is Fc1ccc(F)c(CN2CCNCC2C2CCCCC2)c1. The number of hydrogen-bond acceptors (Lipinski definition) is 2. The van der Waals surface area contributed by atoms with Crippen molar-refractivity contribution >= 4 is 0 Å². The third kappa shape index (κ3) is 3.61. The minimum atomic E-state index is -0.351. The molecule has 0 radical (unpaired) electrons. The van der Waals surface area contributed by atoms with Gasteiger partial charge in [-0.2, -0.15) is 0 Å². The van der Waals surface area contributed by atoms with Crippen LogP contribution in [0.3, 0.4) is 0 Å². The van der Waals surface area contributed by atoms with E-state index in [4.69, 9.17) is 0 Å². The van der Waals surface area contributed by atoms with Crippen molar-refractivity contribution in [3.8, 4) is 0 Å². The van der Waals surface area contributed by atoms with E-state index in [0.29, 0.717) is 24.1 Å². The van der Waals surface area contributed by atoms with Crippen molar-refractivity contribution in [3.05, 3.63) is 35.4 Å². The lowest BCUT2D eigenvalue weighted by molar-refractivity contribution is 0.0849. The summed E-state index contributed by atoms with van der Waals surface area (Å²) < 4.78 is 27.2. The van der Waals surface area contributed by atoms with Crippen LogP contribution in [0.4, 0.5) is 8.78 Å². The van der Waals surface area contributed by atoms with Crippen molar-refractivity contribution < 1.29 is 8.78 Å². The molecule has 0 amide bonds. The zero-order valence-electron chi connectivity index (χ0n) is 12.5. The maximum Gasteiger partial charge on any atom is 0.127 e. The third-order valence-corrected chi connectivity index (χ3v) is 4.97. The first-order valence-electron chi connectivity index (χ1n) is 8.13. The van der Waals surface area contributed by atoms with Gasteiger partial charge in [-0.3, -0.25) is 4.90 Å². The van der Waals surface area contributed by atoms with Crippen LogP contribution in [-0.4, -0.2) is 30.6 Å².